The van der Waals surface area contributed by atoms with Crippen LogP contribution in [0.4, 0.5) is 0 Å². The number of nitrogens with one attached hydrogen (secondary N) is 2. The minimum atomic E-state index is -0.205. The molecule has 2 aliphatic heterocycles. The maximum absolute atomic E-state index is 6.54. The topological polar surface area (TPSA) is 75.8 Å². The molecular weight excluding hydrogens is 580 g/mol. The fourth-order valence-corrected chi connectivity index (χ4v) is 6.73. The lowest BCUT2D eigenvalue weighted by atomic mass is 9.86. The highest BCUT2D eigenvalue weighted by Gasteiger charge is 2.32. The van der Waals surface area contributed by atoms with Crippen LogP contribution in [-0.2, 0) is 28.4 Å². The first-order chi connectivity index (χ1) is 22.5. The minimum Gasteiger partial charge on any atom is -0.487 e. The minimum absolute atomic E-state index is 0.137. The number of H-pyrrole nitrogens is 2. The zero-order valence-electron chi connectivity index (χ0n) is 28.5. The van der Waals surface area contributed by atoms with Gasteiger partial charge in [0.15, 0.2) is 5.75 Å². The maximum atomic E-state index is 6.54. The Labute approximate surface area is 277 Å². The van der Waals surface area contributed by atoms with Crippen molar-refractivity contribution in [3.63, 3.8) is 0 Å². The van der Waals surface area contributed by atoms with Gasteiger partial charge in [0, 0.05) is 75.5 Å². The summed E-state index contributed by atoms with van der Waals surface area (Å²) in [5.41, 5.74) is 14.7. The van der Waals surface area contributed by atoms with Gasteiger partial charge >= 0.3 is 0 Å². The normalized spacial score (nSPS) is 15.1. The first-order valence-corrected chi connectivity index (χ1v) is 16.5. The Morgan fingerprint density at radius 1 is 0.638 bits per heavy atom. The molecule has 0 amide bonds. The van der Waals surface area contributed by atoms with Crippen LogP contribution in [0.2, 0.25) is 0 Å². The molecule has 240 valence electrons. The number of benzene rings is 2. The SMILES string of the molecule is COCCOc1c2nc(cc3[nH]c(cc4nc(cc5[nH]c1cc5-c1ccc(C)cc1)C(C)(C)C4)cc3-c1ccc(C)cc1)C(C)(C)C2. The van der Waals surface area contributed by atoms with Crippen LogP contribution in [0.5, 0.6) is 5.75 Å². The summed E-state index contributed by atoms with van der Waals surface area (Å²) in [7, 11) is 1.70. The highest BCUT2D eigenvalue weighted by atomic mass is 16.5. The van der Waals surface area contributed by atoms with Crippen LogP contribution < -0.4 is 4.74 Å². The Morgan fingerprint density at radius 2 is 1.21 bits per heavy atom. The van der Waals surface area contributed by atoms with Crippen LogP contribution in [0.3, 0.4) is 0 Å². The summed E-state index contributed by atoms with van der Waals surface area (Å²) in [4.78, 5) is 18.0. The van der Waals surface area contributed by atoms with E-state index >= 15 is 0 Å². The Morgan fingerprint density at radius 3 is 1.85 bits per heavy atom. The molecule has 5 aromatic rings. The third-order valence-electron chi connectivity index (χ3n) is 9.51. The number of fused-ring (bicyclic) bond motifs is 8. The highest BCUT2D eigenvalue weighted by Crippen LogP contribution is 2.40. The molecule has 8 bridgehead atoms. The zero-order chi connectivity index (χ0) is 32.9. The first kappa shape index (κ1) is 30.9. The van der Waals surface area contributed by atoms with Crippen LogP contribution in [0.25, 0.3) is 44.3 Å². The van der Waals surface area contributed by atoms with Crippen molar-refractivity contribution in [1.29, 1.82) is 0 Å². The van der Waals surface area contributed by atoms with E-state index in [0.29, 0.717) is 13.2 Å². The van der Waals surface area contributed by atoms with Crippen LogP contribution in [0.15, 0.2) is 78.9 Å². The average Bonchev–Trinajstić information content (AvgIpc) is 3.76. The Balaban J connectivity index is 1.58. The first-order valence-electron chi connectivity index (χ1n) is 16.5. The van der Waals surface area contributed by atoms with E-state index in [1.54, 1.807) is 7.11 Å². The number of aryl methyl sites for hydroxylation is 2. The third-order valence-corrected chi connectivity index (χ3v) is 9.51. The van der Waals surface area contributed by atoms with Crippen molar-refractivity contribution < 1.29 is 9.47 Å². The van der Waals surface area contributed by atoms with Gasteiger partial charge < -0.3 is 19.4 Å². The summed E-state index contributed by atoms with van der Waals surface area (Å²) >= 11 is 0. The molecule has 0 saturated carbocycles. The van der Waals surface area contributed by atoms with Crippen molar-refractivity contribution in [2.24, 2.45) is 0 Å². The van der Waals surface area contributed by atoms with E-state index in [2.05, 4.69) is 130 Å². The Bertz CT molecular complexity index is 2120. The van der Waals surface area contributed by atoms with E-state index in [1.165, 1.54) is 16.7 Å². The molecule has 2 aromatic carbocycles. The van der Waals surface area contributed by atoms with Gasteiger partial charge in [-0.3, -0.25) is 9.97 Å². The molecule has 0 atom stereocenters. The number of ether oxygens (including phenoxy) is 2. The van der Waals surface area contributed by atoms with E-state index in [9.17, 15) is 0 Å². The van der Waals surface area contributed by atoms with Crippen molar-refractivity contribution >= 4 is 22.1 Å². The van der Waals surface area contributed by atoms with Gasteiger partial charge in [0.1, 0.15) is 6.61 Å². The van der Waals surface area contributed by atoms with Crippen LogP contribution in [0, 0.1) is 13.8 Å². The summed E-state index contributed by atoms with van der Waals surface area (Å²) < 4.78 is 11.9. The number of nitrogens with zero attached hydrogens (tertiary/aromatic N) is 2. The van der Waals surface area contributed by atoms with E-state index in [1.807, 2.05) is 0 Å². The second-order valence-corrected chi connectivity index (χ2v) is 14.5. The summed E-state index contributed by atoms with van der Waals surface area (Å²) in [5, 5.41) is 0. The van der Waals surface area contributed by atoms with Gasteiger partial charge in [-0.15, -0.1) is 0 Å². The van der Waals surface area contributed by atoms with Gasteiger partial charge in [-0.2, -0.15) is 0 Å². The van der Waals surface area contributed by atoms with Gasteiger partial charge in [-0.1, -0.05) is 87.4 Å². The average molecular weight is 625 g/mol. The van der Waals surface area contributed by atoms with Gasteiger partial charge in [-0.05, 0) is 55.3 Å². The lowest BCUT2D eigenvalue weighted by Crippen LogP contribution is -2.15. The van der Waals surface area contributed by atoms with E-state index in [-0.39, 0.29) is 10.8 Å². The second-order valence-electron chi connectivity index (χ2n) is 14.5. The van der Waals surface area contributed by atoms with Gasteiger partial charge in [0.2, 0.25) is 0 Å². The molecule has 2 aliphatic rings. The number of aromatic amines is 2. The quantitative estimate of drug-likeness (QED) is 0.185. The molecular formula is C41H44N4O2. The van der Waals surface area contributed by atoms with E-state index in [4.69, 9.17) is 19.4 Å². The number of aromatic nitrogens is 4. The summed E-state index contributed by atoms with van der Waals surface area (Å²) in [6, 6.07) is 28.5. The molecule has 6 heteroatoms. The molecule has 0 saturated heterocycles. The molecule has 0 unspecified atom stereocenters. The number of rotatable bonds is 6. The van der Waals surface area contributed by atoms with Crippen LogP contribution in [0.1, 0.15) is 61.6 Å². The second kappa shape index (κ2) is 11.8. The number of hydrogen-bond acceptors (Lipinski definition) is 4. The van der Waals surface area contributed by atoms with E-state index < -0.39 is 0 Å². The maximum Gasteiger partial charge on any atom is 0.164 e. The van der Waals surface area contributed by atoms with Crippen molar-refractivity contribution in [3.8, 4) is 28.0 Å². The third kappa shape index (κ3) is 6.10. The molecule has 2 N–H and O–H groups in total. The molecule has 3 aromatic heterocycles. The smallest absolute Gasteiger partial charge is 0.164 e. The molecule has 7 rings (SSSR count). The lowest BCUT2D eigenvalue weighted by molar-refractivity contribution is 0.146. The summed E-state index contributed by atoms with van der Waals surface area (Å²) in [6.07, 6.45) is 1.59. The van der Waals surface area contributed by atoms with Crippen molar-refractivity contribution in [1.82, 2.24) is 19.9 Å². The lowest BCUT2D eigenvalue weighted by Gasteiger charge is -2.16. The Hall–Kier alpha value is -4.68. The monoisotopic (exact) mass is 624 g/mol. The number of methoxy groups -OCH3 is 1. The van der Waals surface area contributed by atoms with Crippen molar-refractivity contribution in [2.75, 3.05) is 20.3 Å². The van der Waals surface area contributed by atoms with Crippen molar-refractivity contribution in [3.05, 3.63) is 113 Å². The molecule has 0 spiro atoms. The van der Waals surface area contributed by atoms with Crippen LogP contribution in [-0.4, -0.2) is 40.3 Å². The van der Waals surface area contributed by atoms with Gasteiger partial charge in [0.05, 0.1) is 17.8 Å². The summed E-state index contributed by atoms with van der Waals surface area (Å²) in [6.45, 7) is 14.2. The molecule has 5 heterocycles. The standard InChI is InChI=1S/C41H44N4O2/c1-25-8-12-27(13-9-25)31-19-29-18-30-23-40(3,4)37(43-30)22-34-32(28-14-10-26(2)11-15-28)20-35(44-34)39(47-17-16-46-7)36-24-41(5,6)38(45-36)21-33(31)42-29/h8-15,18-22,42,44H,16-17,23-24H2,1-7H3. The largest absolute Gasteiger partial charge is 0.487 e. The molecule has 0 radical (unpaired) electrons. The molecule has 0 aliphatic carbocycles. The van der Waals surface area contributed by atoms with E-state index in [0.717, 1.165) is 80.1 Å². The highest BCUT2D eigenvalue weighted by molar-refractivity contribution is 5.88. The Kier molecular flexibility index (Phi) is 7.80. The van der Waals surface area contributed by atoms with Crippen LogP contribution >= 0.6 is 0 Å². The predicted molar refractivity (Wildman–Crippen MR) is 192 cm³/mol. The molecule has 6 nitrogen and oxygen atoms in total. The van der Waals surface area contributed by atoms with Gasteiger partial charge in [-0.25, -0.2) is 0 Å². The molecule has 47 heavy (non-hydrogen) atoms. The predicted octanol–water partition coefficient (Wildman–Crippen LogP) is 9.33. The zero-order valence-corrected chi connectivity index (χ0v) is 28.5. The number of hydrogen-bond donors (Lipinski definition) is 2. The fourth-order valence-electron chi connectivity index (χ4n) is 6.73. The summed E-state index contributed by atoms with van der Waals surface area (Å²) in [5.74, 6) is 0.762. The van der Waals surface area contributed by atoms with Gasteiger partial charge in [0.25, 0.3) is 0 Å². The van der Waals surface area contributed by atoms with Crippen molar-refractivity contribution in [2.45, 2.75) is 65.2 Å². The molecule has 0 fully saturated rings. The fraction of sp³-hybridized carbons (Fsp3) is 0.317.